The van der Waals surface area contributed by atoms with Crippen LogP contribution in [-0.4, -0.2) is 83.3 Å². The molecule has 0 radical (unpaired) electrons. The van der Waals surface area contributed by atoms with Gasteiger partial charge in [0.15, 0.2) is 0 Å². The maximum absolute atomic E-state index is 14.4. The summed E-state index contributed by atoms with van der Waals surface area (Å²) in [6.07, 6.45) is 4.13. The first-order chi connectivity index (χ1) is 20.1. The third-order valence-electron chi connectivity index (χ3n) is 8.52. The SMILES string of the molecule is C=CCCC(=O)NC[C@H](C)OC(=O)[C@@H]1[C@@H]2CC[C@]3(O2)[C@H](C(=O)N(CC=C)c2ccc(Cl)cc2)N([C@@H](CC)CO)C(=O)[C@@H]13. The molecule has 3 saturated heterocycles. The van der Waals surface area contributed by atoms with Crippen LogP contribution in [0.1, 0.15) is 46.0 Å². The van der Waals surface area contributed by atoms with Crippen LogP contribution in [0.5, 0.6) is 0 Å². The minimum atomic E-state index is -1.25. The second kappa shape index (κ2) is 13.4. The van der Waals surface area contributed by atoms with E-state index >= 15 is 0 Å². The summed E-state index contributed by atoms with van der Waals surface area (Å²) in [7, 11) is 0. The van der Waals surface area contributed by atoms with Crippen molar-refractivity contribution in [1.29, 1.82) is 0 Å². The highest BCUT2D eigenvalue weighted by Crippen LogP contribution is 2.59. The molecule has 3 aliphatic heterocycles. The van der Waals surface area contributed by atoms with E-state index in [0.717, 1.165) is 0 Å². The highest BCUT2D eigenvalue weighted by atomic mass is 35.5. The van der Waals surface area contributed by atoms with Crippen molar-refractivity contribution in [2.24, 2.45) is 11.8 Å². The van der Waals surface area contributed by atoms with Gasteiger partial charge >= 0.3 is 5.97 Å². The second-order valence-electron chi connectivity index (χ2n) is 11.1. The van der Waals surface area contributed by atoms with E-state index in [4.69, 9.17) is 21.1 Å². The van der Waals surface area contributed by atoms with E-state index in [1.54, 1.807) is 43.3 Å². The van der Waals surface area contributed by atoms with Gasteiger partial charge in [-0.15, -0.1) is 13.2 Å². The number of nitrogens with zero attached hydrogens (tertiary/aromatic N) is 2. The number of nitrogens with one attached hydrogen (secondary N) is 1. The number of aliphatic hydroxyl groups is 1. The molecule has 228 valence electrons. The Morgan fingerprint density at radius 3 is 2.62 bits per heavy atom. The van der Waals surface area contributed by atoms with E-state index in [9.17, 15) is 24.3 Å². The average molecular weight is 602 g/mol. The predicted molar refractivity (Wildman–Crippen MR) is 158 cm³/mol. The molecule has 1 spiro atoms. The number of aliphatic hydroxyl groups excluding tert-OH is 1. The fourth-order valence-electron chi connectivity index (χ4n) is 6.56. The molecule has 42 heavy (non-hydrogen) atoms. The van der Waals surface area contributed by atoms with Crippen molar-refractivity contribution in [3.8, 4) is 0 Å². The highest BCUT2D eigenvalue weighted by molar-refractivity contribution is 6.30. The zero-order chi connectivity index (χ0) is 30.6. The lowest BCUT2D eigenvalue weighted by Crippen LogP contribution is -2.59. The lowest BCUT2D eigenvalue weighted by atomic mass is 9.70. The zero-order valence-electron chi connectivity index (χ0n) is 24.2. The van der Waals surface area contributed by atoms with Gasteiger partial charge in [0.1, 0.15) is 17.7 Å². The summed E-state index contributed by atoms with van der Waals surface area (Å²) in [6.45, 7) is 10.8. The molecule has 3 fully saturated rings. The van der Waals surface area contributed by atoms with E-state index < -0.39 is 53.6 Å². The van der Waals surface area contributed by atoms with Crippen LogP contribution >= 0.6 is 11.6 Å². The molecule has 3 heterocycles. The minimum Gasteiger partial charge on any atom is -0.460 e. The Morgan fingerprint density at radius 2 is 2.00 bits per heavy atom. The molecule has 10 nitrogen and oxygen atoms in total. The summed E-state index contributed by atoms with van der Waals surface area (Å²) in [4.78, 5) is 57.1. The quantitative estimate of drug-likeness (QED) is 0.248. The first-order valence-electron chi connectivity index (χ1n) is 14.5. The molecule has 0 unspecified atom stereocenters. The number of allylic oxidation sites excluding steroid dienone is 1. The lowest BCUT2D eigenvalue weighted by molar-refractivity contribution is -0.159. The maximum Gasteiger partial charge on any atom is 0.312 e. The smallest absolute Gasteiger partial charge is 0.312 e. The van der Waals surface area contributed by atoms with Crippen LogP contribution in [0, 0.1) is 11.8 Å². The molecular formula is C31H40ClN3O7. The number of carbonyl (C=O) groups is 4. The molecule has 7 atom stereocenters. The highest BCUT2D eigenvalue weighted by Gasteiger charge is 2.75. The third-order valence-corrected chi connectivity index (χ3v) is 8.77. The Morgan fingerprint density at radius 1 is 1.29 bits per heavy atom. The zero-order valence-corrected chi connectivity index (χ0v) is 24.9. The number of hydrogen-bond donors (Lipinski definition) is 2. The molecule has 0 aromatic heterocycles. The van der Waals surface area contributed by atoms with Gasteiger partial charge in [0, 0.05) is 23.7 Å². The topological polar surface area (TPSA) is 125 Å². The number of rotatable bonds is 14. The number of benzene rings is 1. The van der Waals surface area contributed by atoms with E-state index in [1.807, 2.05) is 6.92 Å². The van der Waals surface area contributed by atoms with Crippen LogP contribution in [-0.2, 0) is 28.7 Å². The predicted octanol–water partition coefficient (Wildman–Crippen LogP) is 3.02. The van der Waals surface area contributed by atoms with Gasteiger partial charge < -0.3 is 29.7 Å². The van der Waals surface area contributed by atoms with Crippen LogP contribution in [0.3, 0.4) is 0 Å². The van der Waals surface area contributed by atoms with Crippen molar-refractivity contribution in [2.45, 2.75) is 75.8 Å². The Balaban J connectivity index is 1.63. The number of anilines is 1. The second-order valence-corrected chi connectivity index (χ2v) is 11.6. The van der Waals surface area contributed by atoms with E-state index in [1.165, 1.54) is 9.80 Å². The van der Waals surface area contributed by atoms with Gasteiger partial charge in [0.25, 0.3) is 5.91 Å². The summed E-state index contributed by atoms with van der Waals surface area (Å²) >= 11 is 6.09. The molecule has 0 aliphatic carbocycles. The number of hydrogen-bond acceptors (Lipinski definition) is 7. The van der Waals surface area contributed by atoms with Crippen LogP contribution in [0.2, 0.25) is 5.02 Å². The van der Waals surface area contributed by atoms with Crippen molar-refractivity contribution < 1.29 is 33.8 Å². The summed E-state index contributed by atoms with van der Waals surface area (Å²) < 4.78 is 12.2. The summed E-state index contributed by atoms with van der Waals surface area (Å²) in [5.74, 6) is -3.42. The summed E-state index contributed by atoms with van der Waals surface area (Å²) in [5, 5.41) is 13.5. The van der Waals surface area contributed by atoms with Gasteiger partial charge in [-0.2, -0.15) is 0 Å². The van der Waals surface area contributed by atoms with Gasteiger partial charge in [-0.1, -0.05) is 30.7 Å². The van der Waals surface area contributed by atoms with Crippen LogP contribution in [0.25, 0.3) is 0 Å². The fourth-order valence-corrected chi connectivity index (χ4v) is 6.69. The Bertz CT molecular complexity index is 1200. The van der Waals surface area contributed by atoms with Gasteiger partial charge in [-0.3, -0.25) is 19.2 Å². The molecule has 3 amide bonds. The minimum absolute atomic E-state index is 0.122. The number of ether oxygens (including phenoxy) is 2. The lowest BCUT2D eigenvalue weighted by Gasteiger charge is -2.39. The molecule has 2 N–H and O–H groups in total. The van der Waals surface area contributed by atoms with Crippen molar-refractivity contribution in [2.75, 3.05) is 24.6 Å². The monoisotopic (exact) mass is 601 g/mol. The average Bonchev–Trinajstić information content (AvgIpc) is 3.62. The first-order valence-corrected chi connectivity index (χ1v) is 14.9. The van der Waals surface area contributed by atoms with Crippen LogP contribution < -0.4 is 10.2 Å². The van der Waals surface area contributed by atoms with Crippen molar-refractivity contribution in [1.82, 2.24) is 10.2 Å². The molecule has 0 saturated carbocycles. The Kier molecular flexibility index (Phi) is 10.1. The molecule has 1 aromatic carbocycles. The van der Waals surface area contributed by atoms with E-state index in [2.05, 4.69) is 18.5 Å². The molecular weight excluding hydrogens is 562 g/mol. The van der Waals surface area contributed by atoms with Crippen molar-refractivity contribution >= 4 is 41.0 Å². The number of esters is 1. The van der Waals surface area contributed by atoms with Crippen molar-refractivity contribution in [3.63, 3.8) is 0 Å². The molecule has 1 aromatic rings. The number of amides is 3. The van der Waals surface area contributed by atoms with Gasteiger partial charge in [-0.05, 0) is 56.9 Å². The van der Waals surface area contributed by atoms with E-state index in [0.29, 0.717) is 36.4 Å². The summed E-state index contributed by atoms with van der Waals surface area (Å²) in [5.41, 5.74) is -0.680. The number of halogens is 1. The van der Waals surface area contributed by atoms with Gasteiger partial charge in [0.2, 0.25) is 11.8 Å². The number of likely N-dealkylation sites (tertiary alicyclic amines) is 1. The molecule has 11 heteroatoms. The van der Waals surface area contributed by atoms with Crippen molar-refractivity contribution in [3.05, 3.63) is 54.6 Å². The standard InChI is InChI=1S/C31H40ClN3O7/c1-5-8-9-24(37)33-17-19(4)41-30(40)25-23-14-15-31(42-23)26(25)28(38)35(21(7-3)18-36)27(31)29(39)34(16-6-2)22-12-10-20(32)11-13-22/h5-6,10-13,19,21,23,25-27,36H,1-2,7-9,14-18H2,3-4H3,(H,33,37)/t19-,21-,23-,25+,26+,27-,31+/m0/s1. The largest absolute Gasteiger partial charge is 0.460 e. The third kappa shape index (κ3) is 5.85. The Labute approximate surface area is 251 Å². The van der Waals surface area contributed by atoms with Crippen LogP contribution in [0.15, 0.2) is 49.6 Å². The molecule has 2 bridgehead atoms. The van der Waals surface area contributed by atoms with Gasteiger partial charge in [-0.25, -0.2) is 0 Å². The molecule has 4 rings (SSSR count). The normalized spacial score (nSPS) is 27.2. The molecule has 3 aliphatic rings. The van der Waals surface area contributed by atoms with E-state index in [-0.39, 0.29) is 37.9 Å². The van der Waals surface area contributed by atoms with Gasteiger partial charge in [0.05, 0.1) is 37.1 Å². The Hall–Kier alpha value is -3.21. The number of carbonyl (C=O) groups excluding carboxylic acids is 4. The maximum atomic E-state index is 14.4. The summed E-state index contributed by atoms with van der Waals surface area (Å²) in [6, 6.07) is 5.07. The first kappa shape index (κ1) is 31.7. The number of fused-ring (bicyclic) bond motifs is 1. The fraction of sp³-hybridized carbons (Fsp3) is 0.548. The van der Waals surface area contributed by atoms with Crippen LogP contribution in [0.4, 0.5) is 5.69 Å².